The average molecular weight is 431 g/mol. The molecular weight excluding hydrogens is 406 g/mol. The summed E-state index contributed by atoms with van der Waals surface area (Å²) in [5.41, 5.74) is 4.27. The second-order valence-electron chi connectivity index (χ2n) is 8.12. The van der Waals surface area contributed by atoms with Gasteiger partial charge in [0.25, 0.3) is 5.91 Å². The molecule has 0 atom stereocenters. The van der Waals surface area contributed by atoms with Crippen LogP contribution in [0.5, 0.6) is 11.5 Å². The van der Waals surface area contributed by atoms with Crippen molar-refractivity contribution in [3.8, 4) is 22.6 Å². The molecule has 1 saturated carbocycles. The smallest absolute Gasteiger partial charge is 0.251 e. The van der Waals surface area contributed by atoms with E-state index < -0.39 is 5.41 Å². The first kappa shape index (κ1) is 20.1. The van der Waals surface area contributed by atoms with E-state index in [0.717, 1.165) is 35.2 Å². The van der Waals surface area contributed by atoms with Crippen LogP contribution in [0.3, 0.4) is 0 Å². The highest BCUT2D eigenvalue weighted by molar-refractivity contribution is 6.02. The Morgan fingerprint density at radius 1 is 1.03 bits per heavy atom. The van der Waals surface area contributed by atoms with Crippen molar-refractivity contribution < 1.29 is 20.5 Å². The number of hydrogen-bond donors (Lipinski definition) is 2. The molecule has 3 aromatic rings. The number of fused-ring (bicyclic) bond motifs is 1. The van der Waals surface area contributed by atoms with Crippen molar-refractivity contribution in [1.29, 1.82) is 0 Å². The van der Waals surface area contributed by atoms with Crippen molar-refractivity contribution in [2.75, 3.05) is 19.2 Å². The van der Waals surface area contributed by atoms with Crippen LogP contribution < -0.4 is 20.1 Å². The Morgan fingerprint density at radius 2 is 1.78 bits per heavy atom. The molecule has 1 aliphatic carbocycles. The topological polar surface area (TPSA) is 89.6 Å². The standard InChI is InChI=1S/C25H23N3O4.H2/c1-15-20(16-3-5-17(6-4-16)23(29)26-2)12-19(13-27-15)28-24(30)25(9-10-25)18-7-8-21-22(11-18)32-14-31-21;/h3-8,11-13H,9-10,14H2,1-2H3,(H,26,29)(H,28,30);1H. The zero-order valence-corrected chi connectivity index (χ0v) is 17.9. The SMILES string of the molecule is CNC(=O)c1ccc(-c2cc(NC(=O)C3(c4ccc5c(c4)OCO5)CC3)cnc2C)cc1.[HH]. The van der Waals surface area contributed by atoms with Gasteiger partial charge in [0.15, 0.2) is 11.5 Å². The third-order valence-corrected chi connectivity index (χ3v) is 6.14. The first-order chi connectivity index (χ1) is 15.5. The van der Waals surface area contributed by atoms with Crippen LogP contribution >= 0.6 is 0 Å². The number of rotatable bonds is 5. The molecule has 32 heavy (non-hydrogen) atoms. The van der Waals surface area contributed by atoms with E-state index >= 15 is 0 Å². The van der Waals surface area contributed by atoms with Crippen molar-refractivity contribution >= 4 is 17.5 Å². The third-order valence-electron chi connectivity index (χ3n) is 6.14. The molecule has 164 valence electrons. The average Bonchev–Trinajstić information content (AvgIpc) is 3.50. The van der Waals surface area contributed by atoms with Crippen LogP contribution in [0.2, 0.25) is 0 Å². The van der Waals surface area contributed by atoms with Gasteiger partial charge in [-0.15, -0.1) is 0 Å². The molecule has 0 bridgehead atoms. The van der Waals surface area contributed by atoms with Crippen LogP contribution in [0.15, 0.2) is 54.7 Å². The first-order valence-corrected chi connectivity index (χ1v) is 10.5. The third kappa shape index (κ3) is 3.45. The van der Waals surface area contributed by atoms with E-state index in [0.29, 0.717) is 22.7 Å². The van der Waals surface area contributed by atoms with Crippen molar-refractivity contribution in [2.45, 2.75) is 25.2 Å². The lowest BCUT2D eigenvalue weighted by Gasteiger charge is -2.17. The summed E-state index contributed by atoms with van der Waals surface area (Å²) >= 11 is 0. The molecule has 2 heterocycles. The van der Waals surface area contributed by atoms with Gasteiger partial charge in [-0.3, -0.25) is 14.6 Å². The minimum absolute atomic E-state index is 0. The summed E-state index contributed by atoms with van der Waals surface area (Å²) in [4.78, 5) is 29.5. The maximum Gasteiger partial charge on any atom is 0.251 e. The number of amides is 2. The summed E-state index contributed by atoms with van der Waals surface area (Å²) in [5.74, 6) is 1.20. The van der Waals surface area contributed by atoms with Gasteiger partial charge in [0, 0.05) is 25.3 Å². The molecule has 0 unspecified atom stereocenters. The van der Waals surface area contributed by atoms with E-state index in [4.69, 9.17) is 9.47 Å². The number of pyridine rings is 1. The molecule has 0 saturated heterocycles. The lowest BCUT2D eigenvalue weighted by Crippen LogP contribution is -2.27. The lowest BCUT2D eigenvalue weighted by molar-refractivity contribution is -0.118. The van der Waals surface area contributed by atoms with E-state index in [-0.39, 0.29) is 20.0 Å². The van der Waals surface area contributed by atoms with Gasteiger partial charge in [-0.05, 0) is 61.2 Å². The second kappa shape index (κ2) is 7.67. The molecule has 2 N–H and O–H groups in total. The summed E-state index contributed by atoms with van der Waals surface area (Å²) in [7, 11) is 1.60. The number of nitrogens with zero attached hydrogens (tertiary/aromatic N) is 1. The second-order valence-corrected chi connectivity index (χ2v) is 8.12. The molecule has 7 heteroatoms. The van der Waals surface area contributed by atoms with Gasteiger partial charge >= 0.3 is 0 Å². The minimum atomic E-state index is -0.554. The number of carbonyl (C=O) groups excluding carboxylic acids is 2. The molecule has 2 amide bonds. The van der Waals surface area contributed by atoms with Crippen LogP contribution in [-0.2, 0) is 10.2 Å². The van der Waals surface area contributed by atoms with E-state index in [1.54, 1.807) is 25.4 Å². The Balaban J connectivity index is 0.00000259. The number of aryl methyl sites for hydroxylation is 1. The molecule has 7 nitrogen and oxygen atoms in total. The number of benzene rings is 2. The minimum Gasteiger partial charge on any atom is -0.454 e. The van der Waals surface area contributed by atoms with Crippen LogP contribution in [0, 0.1) is 6.92 Å². The van der Waals surface area contributed by atoms with Crippen molar-refractivity contribution in [2.24, 2.45) is 0 Å². The molecule has 5 rings (SSSR count). The fourth-order valence-corrected chi connectivity index (χ4v) is 4.06. The van der Waals surface area contributed by atoms with E-state index in [1.165, 1.54) is 0 Å². The first-order valence-electron chi connectivity index (χ1n) is 10.5. The van der Waals surface area contributed by atoms with Crippen molar-refractivity contribution in [3.63, 3.8) is 0 Å². The van der Waals surface area contributed by atoms with Gasteiger partial charge < -0.3 is 20.1 Å². The van der Waals surface area contributed by atoms with Gasteiger partial charge in [0.1, 0.15) is 0 Å². The monoisotopic (exact) mass is 431 g/mol. The summed E-state index contributed by atoms with van der Waals surface area (Å²) in [6, 6.07) is 14.9. The van der Waals surface area contributed by atoms with Crippen LogP contribution in [-0.4, -0.2) is 30.6 Å². The van der Waals surface area contributed by atoms with Crippen molar-refractivity contribution in [3.05, 3.63) is 71.5 Å². The molecule has 2 aliphatic rings. The Morgan fingerprint density at radius 3 is 2.50 bits per heavy atom. The Hall–Kier alpha value is -3.87. The van der Waals surface area contributed by atoms with E-state index in [1.807, 2.05) is 43.3 Å². The van der Waals surface area contributed by atoms with E-state index in [2.05, 4.69) is 15.6 Å². The number of carbonyl (C=O) groups is 2. The maximum atomic E-state index is 13.2. The number of hydrogen-bond acceptors (Lipinski definition) is 5. The Kier molecular flexibility index (Phi) is 4.81. The molecule has 1 aromatic heterocycles. The molecule has 1 aliphatic heterocycles. The van der Waals surface area contributed by atoms with Crippen LogP contribution in [0.4, 0.5) is 5.69 Å². The van der Waals surface area contributed by atoms with Gasteiger partial charge in [0.2, 0.25) is 12.7 Å². The number of ether oxygens (including phenoxy) is 2. The predicted molar refractivity (Wildman–Crippen MR) is 122 cm³/mol. The molecule has 2 aromatic carbocycles. The summed E-state index contributed by atoms with van der Waals surface area (Å²) in [6.07, 6.45) is 3.24. The van der Waals surface area contributed by atoms with Crippen molar-refractivity contribution in [1.82, 2.24) is 10.3 Å². The highest BCUT2D eigenvalue weighted by atomic mass is 16.7. The zero-order chi connectivity index (χ0) is 22.3. The molecular formula is C25H25N3O4. The number of aromatic nitrogens is 1. The summed E-state index contributed by atoms with van der Waals surface area (Å²) < 4.78 is 10.9. The fourth-order valence-electron chi connectivity index (χ4n) is 4.06. The lowest BCUT2D eigenvalue weighted by atomic mass is 9.94. The largest absolute Gasteiger partial charge is 0.454 e. The van der Waals surface area contributed by atoms with Crippen LogP contribution in [0.25, 0.3) is 11.1 Å². The summed E-state index contributed by atoms with van der Waals surface area (Å²) in [5, 5.41) is 5.67. The number of anilines is 1. The fraction of sp³-hybridized carbons (Fsp3) is 0.240. The quantitative estimate of drug-likeness (QED) is 0.636. The molecule has 0 spiro atoms. The van der Waals surface area contributed by atoms with Crippen LogP contribution in [0.1, 0.15) is 35.9 Å². The summed E-state index contributed by atoms with van der Waals surface area (Å²) in [6.45, 7) is 2.13. The van der Waals surface area contributed by atoms with E-state index in [9.17, 15) is 9.59 Å². The van der Waals surface area contributed by atoms with Gasteiger partial charge in [-0.2, -0.15) is 0 Å². The maximum absolute atomic E-state index is 13.2. The van der Waals surface area contributed by atoms with Gasteiger partial charge in [-0.25, -0.2) is 0 Å². The number of nitrogens with one attached hydrogen (secondary N) is 2. The van der Waals surface area contributed by atoms with Gasteiger partial charge in [0.05, 0.1) is 17.3 Å². The Labute approximate surface area is 187 Å². The molecule has 1 fully saturated rings. The molecule has 0 radical (unpaired) electrons. The predicted octanol–water partition coefficient (Wildman–Crippen LogP) is 4.06. The normalized spacial score (nSPS) is 15.2. The Bertz CT molecular complexity index is 1220. The zero-order valence-electron chi connectivity index (χ0n) is 17.9. The highest BCUT2D eigenvalue weighted by Gasteiger charge is 2.51. The highest BCUT2D eigenvalue weighted by Crippen LogP contribution is 2.51. The van der Waals surface area contributed by atoms with Gasteiger partial charge in [-0.1, -0.05) is 18.2 Å².